The second kappa shape index (κ2) is 7.19. The Labute approximate surface area is 161 Å². The van der Waals surface area contributed by atoms with Crippen LogP contribution in [0.2, 0.25) is 0 Å². The summed E-state index contributed by atoms with van der Waals surface area (Å²) in [7, 11) is 0. The lowest BCUT2D eigenvalue weighted by molar-refractivity contribution is -0.131. The van der Waals surface area contributed by atoms with Crippen LogP contribution in [0, 0.1) is 0 Å². The van der Waals surface area contributed by atoms with Crippen molar-refractivity contribution >= 4 is 11.9 Å². The number of aromatic nitrogens is 2. The third-order valence-corrected chi connectivity index (χ3v) is 4.86. The number of carbonyl (C=O) groups excluding carboxylic acids is 1. The van der Waals surface area contributed by atoms with Crippen LogP contribution in [0.25, 0.3) is 11.4 Å². The fourth-order valence-corrected chi connectivity index (χ4v) is 3.34. The molecule has 0 radical (unpaired) electrons. The summed E-state index contributed by atoms with van der Waals surface area (Å²) in [6.07, 6.45) is 0.920. The van der Waals surface area contributed by atoms with Crippen LogP contribution in [0.3, 0.4) is 0 Å². The minimum Gasteiger partial charge on any atom is -0.508 e. The van der Waals surface area contributed by atoms with Crippen molar-refractivity contribution in [1.29, 1.82) is 0 Å². The molecule has 0 spiro atoms. The predicted octanol–water partition coefficient (Wildman–Crippen LogP) is 2.61. The Morgan fingerprint density at radius 3 is 2.68 bits per heavy atom. The molecule has 2 aromatic carbocycles. The summed E-state index contributed by atoms with van der Waals surface area (Å²) in [6, 6.07) is 13.3. The number of amides is 1. The molecule has 1 aliphatic rings. The van der Waals surface area contributed by atoms with Crippen LogP contribution in [-0.2, 0) is 24.2 Å². The maximum Gasteiger partial charge on any atom is 0.335 e. The number of aromatic hydroxyl groups is 1. The van der Waals surface area contributed by atoms with Crippen molar-refractivity contribution in [3.8, 4) is 17.1 Å². The minimum absolute atomic E-state index is 0.0142. The van der Waals surface area contributed by atoms with Gasteiger partial charge in [0.2, 0.25) is 5.91 Å². The third-order valence-electron chi connectivity index (χ3n) is 4.86. The molecule has 3 aromatic rings. The zero-order valence-corrected chi connectivity index (χ0v) is 15.1. The van der Waals surface area contributed by atoms with Gasteiger partial charge >= 0.3 is 5.97 Å². The van der Waals surface area contributed by atoms with Crippen LogP contribution in [0.1, 0.15) is 27.3 Å². The first kappa shape index (κ1) is 17.8. The number of fused-ring (bicyclic) bond motifs is 1. The number of aromatic carboxylic acids is 1. The number of phenols is 1. The average molecular weight is 377 g/mol. The molecule has 0 atom stereocenters. The van der Waals surface area contributed by atoms with Gasteiger partial charge in [0.15, 0.2) is 0 Å². The van der Waals surface area contributed by atoms with Crippen LogP contribution < -0.4 is 0 Å². The summed E-state index contributed by atoms with van der Waals surface area (Å²) in [4.78, 5) is 33.4. The number of rotatable bonds is 4. The first-order valence-electron chi connectivity index (χ1n) is 8.97. The van der Waals surface area contributed by atoms with E-state index in [0.717, 1.165) is 17.0 Å². The largest absolute Gasteiger partial charge is 0.508 e. The van der Waals surface area contributed by atoms with E-state index >= 15 is 0 Å². The number of benzene rings is 2. The van der Waals surface area contributed by atoms with Gasteiger partial charge in [-0.2, -0.15) is 0 Å². The molecule has 142 valence electrons. The Morgan fingerprint density at radius 1 is 1.14 bits per heavy atom. The van der Waals surface area contributed by atoms with Gasteiger partial charge in [-0.1, -0.05) is 24.3 Å². The lowest BCUT2D eigenvalue weighted by atomic mass is 10.1. The van der Waals surface area contributed by atoms with E-state index in [9.17, 15) is 14.7 Å². The highest BCUT2D eigenvalue weighted by Crippen LogP contribution is 2.24. The fraction of sp³-hybridized carbons (Fsp3) is 0.190. The number of carbonyl (C=O) groups is 2. The normalized spacial score (nSPS) is 13.2. The summed E-state index contributed by atoms with van der Waals surface area (Å²) >= 11 is 0. The van der Waals surface area contributed by atoms with E-state index < -0.39 is 5.97 Å². The maximum absolute atomic E-state index is 12.6. The zero-order valence-electron chi connectivity index (χ0n) is 15.1. The molecule has 28 heavy (non-hydrogen) atoms. The number of hydrogen-bond donors (Lipinski definition) is 3. The van der Waals surface area contributed by atoms with E-state index in [1.807, 2.05) is 6.07 Å². The van der Waals surface area contributed by atoms with E-state index in [4.69, 9.17) is 5.11 Å². The number of H-pyrrole nitrogens is 1. The van der Waals surface area contributed by atoms with Crippen molar-refractivity contribution in [1.82, 2.24) is 14.9 Å². The molecule has 1 aliphatic heterocycles. The van der Waals surface area contributed by atoms with E-state index in [-0.39, 0.29) is 23.6 Å². The molecule has 2 heterocycles. The number of aromatic amines is 1. The predicted molar refractivity (Wildman–Crippen MR) is 102 cm³/mol. The number of imidazole rings is 1. The van der Waals surface area contributed by atoms with Crippen molar-refractivity contribution < 1.29 is 19.8 Å². The fourth-order valence-electron chi connectivity index (χ4n) is 3.34. The summed E-state index contributed by atoms with van der Waals surface area (Å²) in [5.74, 6) is -0.179. The lowest BCUT2D eigenvalue weighted by Gasteiger charge is -2.26. The monoisotopic (exact) mass is 377 g/mol. The standard InChI is InChI=1S/C21H19N3O4/c25-16-6-4-13(5-7-16)10-19(26)24-9-8-17-18(12-24)23-20(22-17)14-2-1-3-15(11-14)21(27)28/h1-7,11,25H,8-10,12H2,(H,22,23)(H,27,28). The molecule has 0 saturated heterocycles. The highest BCUT2D eigenvalue weighted by atomic mass is 16.4. The Bertz CT molecular complexity index is 1040. The molecule has 1 aromatic heterocycles. The Balaban J connectivity index is 1.50. The summed E-state index contributed by atoms with van der Waals surface area (Å²) in [6.45, 7) is 1.03. The summed E-state index contributed by atoms with van der Waals surface area (Å²) in [5, 5.41) is 18.5. The molecule has 4 rings (SSSR count). The van der Waals surface area contributed by atoms with Gasteiger partial charge < -0.3 is 20.1 Å². The third kappa shape index (κ3) is 3.59. The van der Waals surface area contributed by atoms with Gasteiger partial charge in [0.25, 0.3) is 0 Å². The number of carboxylic acids is 1. The van der Waals surface area contributed by atoms with Gasteiger partial charge in [-0.15, -0.1) is 0 Å². The van der Waals surface area contributed by atoms with Crippen LogP contribution >= 0.6 is 0 Å². The van der Waals surface area contributed by atoms with E-state index in [0.29, 0.717) is 30.9 Å². The molecule has 0 fully saturated rings. The molecular formula is C21H19N3O4. The zero-order chi connectivity index (χ0) is 19.7. The van der Waals surface area contributed by atoms with Gasteiger partial charge in [0.05, 0.1) is 29.9 Å². The average Bonchev–Trinajstić information content (AvgIpc) is 3.13. The first-order chi connectivity index (χ1) is 13.5. The molecule has 0 unspecified atom stereocenters. The van der Waals surface area contributed by atoms with Crippen molar-refractivity contribution in [3.63, 3.8) is 0 Å². The molecule has 0 saturated carbocycles. The van der Waals surface area contributed by atoms with Gasteiger partial charge in [-0.25, -0.2) is 9.78 Å². The Hall–Kier alpha value is -3.61. The SMILES string of the molecule is O=C(O)c1cccc(-c2nc3c([nH]2)CN(C(=O)Cc2ccc(O)cc2)CC3)c1. The molecular weight excluding hydrogens is 358 g/mol. The van der Waals surface area contributed by atoms with Crippen LogP contribution in [0.4, 0.5) is 0 Å². The first-order valence-corrected chi connectivity index (χ1v) is 8.97. The second-order valence-corrected chi connectivity index (χ2v) is 6.81. The van der Waals surface area contributed by atoms with Gasteiger partial charge in [0.1, 0.15) is 11.6 Å². The molecule has 1 amide bonds. The lowest BCUT2D eigenvalue weighted by Crippen LogP contribution is -2.37. The maximum atomic E-state index is 12.6. The van der Waals surface area contributed by atoms with E-state index in [1.165, 1.54) is 0 Å². The van der Waals surface area contributed by atoms with Crippen molar-refractivity contribution in [3.05, 3.63) is 71.0 Å². The number of nitrogens with zero attached hydrogens (tertiary/aromatic N) is 2. The molecule has 7 heteroatoms. The van der Waals surface area contributed by atoms with Gasteiger partial charge in [-0.05, 0) is 29.8 Å². The molecule has 0 bridgehead atoms. The highest BCUT2D eigenvalue weighted by Gasteiger charge is 2.24. The quantitative estimate of drug-likeness (QED) is 0.648. The summed E-state index contributed by atoms with van der Waals surface area (Å²) < 4.78 is 0. The van der Waals surface area contributed by atoms with Crippen LogP contribution in [0.5, 0.6) is 5.75 Å². The van der Waals surface area contributed by atoms with Crippen LogP contribution in [0.15, 0.2) is 48.5 Å². The number of nitrogens with one attached hydrogen (secondary N) is 1. The minimum atomic E-state index is -0.982. The van der Waals surface area contributed by atoms with Crippen molar-refractivity contribution in [2.45, 2.75) is 19.4 Å². The Morgan fingerprint density at radius 2 is 1.93 bits per heavy atom. The Kier molecular flexibility index (Phi) is 4.57. The van der Waals surface area contributed by atoms with Crippen molar-refractivity contribution in [2.75, 3.05) is 6.54 Å². The summed E-state index contributed by atoms with van der Waals surface area (Å²) in [5.41, 5.74) is 3.55. The van der Waals surface area contributed by atoms with Crippen LogP contribution in [-0.4, -0.2) is 43.5 Å². The number of hydrogen-bond acceptors (Lipinski definition) is 4. The van der Waals surface area contributed by atoms with E-state index in [1.54, 1.807) is 47.4 Å². The topological polar surface area (TPSA) is 107 Å². The molecule has 0 aliphatic carbocycles. The number of phenolic OH excluding ortho intramolecular Hbond substituents is 1. The van der Waals surface area contributed by atoms with E-state index in [2.05, 4.69) is 9.97 Å². The smallest absolute Gasteiger partial charge is 0.335 e. The second-order valence-electron chi connectivity index (χ2n) is 6.81. The van der Waals surface area contributed by atoms with Gasteiger partial charge in [-0.3, -0.25) is 4.79 Å². The molecule has 3 N–H and O–H groups in total. The highest BCUT2D eigenvalue weighted by molar-refractivity contribution is 5.89. The molecule has 7 nitrogen and oxygen atoms in total. The van der Waals surface area contributed by atoms with Gasteiger partial charge in [0, 0.05) is 18.5 Å². The van der Waals surface area contributed by atoms with Crippen molar-refractivity contribution in [2.24, 2.45) is 0 Å². The number of carboxylic acid groups (broad SMARTS) is 1.